The highest BCUT2D eigenvalue weighted by Crippen LogP contribution is 2.30. The quantitative estimate of drug-likeness (QED) is 0.660. The van der Waals surface area contributed by atoms with Gasteiger partial charge in [0.25, 0.3) is 0 Å². The third-order valence-electron chi connectivity index (χ3n) is 3.21. The van der Waals surface area contributed by atoms with Gasteiger partial charge in [0, 0.05) is 19.3 Å². The largest absolute Gasteiger partial charge is 0.374 e. The van der Waals surface area contributed by atoms with Crippen molar-refractivity contribution < 1.29 is 0 Å². The molecule has 1 aliphatic heterocycles. The average molecular weight is 193 g/mol. The van der Waals surface area contributed by atoms with Gasteiger partial charge in [0.2, 0.25) is 0 Å². The highest BCUT2D eigenvalue weighted by Gasteiger charge is 2.18. The van der Waals surface area contributed by atoms with Crippen LogP contribution in [0.2, 0.25) is 0 Å². The third kappa shape index (κ3) is 2.02. The highest BCUT2D eigenvalue weighted by atomic mass is 15.1. The number of allylic oxidation sites excluding steroid dienone is 3. The Hall–Kier alpha value is -0.720. The summed E-state index contributed by atoms with van der Waals surface area (Å²) in [5.41, 5.74) is 6.23. The number of likely N-dealkylation sites (N-methyl/N-ethyl adjacent to an activating group) is 1. The predicted octanol–water partition coefficient (Wildman–Crippen LogP) is 3.73. The summed E-state index contributed by atoms with van der Waals surface area (Å²) in [7, 11) is 2.21. The van der Waals surface area contributed by atoms with Crippen LogP contribution < -0.4 is 0 Å². The molecule has 0 aromatic carbocycles. The van der Waals surface area contributed by atoms with Crippen molar-refractivity contribution in [2.45, 2.75) is 47.0 Å². The minimum absolute atomic E-state index is 1.11. The van der Waals surface area contributed by atoms with Crippen LogP contribution in [0.1, 0.15) is 47.0 Å². The molecule has 0 fully saturated rings. The summed E-state index contributed by atoms with van der Waals surface area (Å²) < 4.78 is 0. The van der Waals surface area contributed by atoms with E-state index in [1.165, 1.54) is 18.4 Å². The third-order valence-corrected chi connectivity index (χ3v) is 3.21. The van der Waals surface area contributed by atoms with E-state index in [1.807, 2.05) is 0 Å². The molecule has 0 spiro atoms. The van der Waals surface area contributed by atoms with Crippen molar-refractivity contribution in [1.82, 2.24) is 4.90 Å². The van der Waals surface area contributed by atoms with E-state index in [0.29, 0.717) is 0 Å². The Morgan fingerprint density at radius 3 is 2.36 bits per heavy atom. The summed E-state index contributed by atoms with van der Waals surface area (Å²) in [6.45, 7) is 10.2. The Bertz CT molecular complexity index is 271. The van der Waals surface area contributed by atoms with Crippen LogP contribution in [-0.2, 0) is 0 Å². The van der Waals surface area contributed by atoms with Gasteiger partial charge >= 0.3 is 0 Å². The van der Waals surface area contributed by atoms with Crippen molar-refractivity contribution >= 4 is 0 Å². The standard InChI is InChI=1S/C13H23N/c1-6-8-12-11(4)10(3)9-14(5)13(12)7-2/h6-9H2,1-5H3. The molecule has 0 saturated heterocycles. The van der Waals surface area contributed by atoms with E-state index in [9.17, 15) is 0 Å². The molecule has 0 aromatic rings. The molecule has 14 heavy (non-hydrogen) atoms. The van der Waals surface area contributed by atoms with Crippen molar-refractivity contribution in [3.05, 3.63) is 22.4 Å². The van der Waals surface area contributed by atoms with Crippen LogP contribution in [0, 0.1) is 0 Å². The molecule has 0 radical (unpaired) electrons. The zero-order valence-corrected chi connectivity index (χ0v) is 10.3. The molecule has 80 valence electrons. The van der Waals surface area contributed by atoms with E-state index in [2.05, 4.69) is 39.6 Å². The molecule has 0 aliphatic carbocycles. The lowest BCUT2D eigenvalue weighted by Gasteiger charge is -2.32. The lowest BCUT2D eigenvalue weighted by molar-refractivity contribution is 0.420. The average Bonchev–Trinajstić information content (AvgIpc) is 2.14. The molecule has 0 atom stereocenters. The first-order valence-corrected chi connectivity index (χ1v) is 5.71. The van der Waals surface area contributed by atoms with Crippen LogP contribution in [0.4, 0.5) is 0 Å². The Balaban J connectivity index is 3.08. The van der Waals surface area contributed by atoms with Gasteiger partial charge in [-0.1, -0.05) is 25.8 Å². The minimum Gasteiger partial charge on any atom is -0.374 e. The van der Waals surface area contributed by atoms with Gasteiger partial charge < -0.3 is 4.90 Å². The number of hydrogen-bond donors (Lipinski definition) is 0. The molecule has 0 unspecified atom stereocenters. The maximum absolute atomic E-state index is 2.41. The SMILES string of the molecule is CCCC1=C(CC)N(C)CC(C)=C1C. The summed E-state index contributed by atoms with van der Waals surface area (Å²) >= 11 is 0. The second-order valence-corrected chi connectivity index (χ2v) is 4.29. The monoisotopic (exact) mass is 193 g/mol. The molecule has 1 heteroatoms. The predicted molar refractivity (Wildman–Crippen MR) is 63.2 cm³/mol. The topological polar surface area (TPSA) is 3.24 Å². The van der Waals surface area contributed by atoms with E-state index in [-0.39, 0.29) is 0 Å². The van der Waals surface area contributed by atoms with Crippen molar-refractivity contribution in [3.8, 4) is 0 Å². The lowest BCUT2D eigenvalue weighted by atomic mass is 9.91. The summed E-state index contributed by atoms with van der Waals surface area (Å²) in [5, 5.41) is 0. The molecule has 1 aliphatic rings. The summed E-state index contributed by atoms with van der Waals surface area (Å²) in [6, 6.07) is 0. The maximum atomic E-state index is 2.41. The van der Waals surface area contributed by atoms with Gasteiger partial charge in [0.1, 0.15) is 0 Å². The second-order valence-electron chi connectivity index (χ2n) is 4.29. The highest BCUT2D eigenvalue weighted by molar-refractivity contribution is 5.40. The first-order chi connectivity index (χ1) is 6.61. The van der Waals surface area contributed by atoms with E-state index in [1.54, 1.807) is 16.8 Å². The van der Waals surface area contributed by atoms with E-state index >= 15 is 0 Å². The van der Waals surface area contributed by atoms with Gasteiger partial charge in [-0.05, 0) is 37.8 Å². The van der Waals surface area contributed by atoms with Gasteiger partial charge in [-0.15, -0.1) is 0 Å². The molecule has 1 rings (SSSR count). The molecular weight excluding hydrogens is 170 g/mol. The van der Waals surface area contributed by atoms with Crippen LogP contribution >= 0.6 is 0 Å². The van der Waals surface area contributed by atoms with E-state index < -0.39 is 0 Å². The Morgan fingerprint density at radius 2 is 1.86 bits per heavy atom. The molecule has 1 heterocycles. The van der Waals surface area contributed by atoms with E-state index in [0.717, 1.165) is 13.0 Å². The van der Waals surface area contributed by atoms with Gasteiger partial charge in [-0.3, -0.25) is 0 Å². The van der Waals surface area contributed by atoms with Crippen molar-refractivity contribution in [2.75, 3.05) is 13.6 Å². The fourth-order valence-electron chi connectivity index (χ4n) is 2.34. The lowest BCUT2D eigenvalue weighted by Crippen LogP contribution is -2.26. The minimum atomic E-state index is 1.11. The first kappa shape index (κ1) is 11.4. The van der Waals surface area contributed by atoms with Gasteiger partial charge in [0.15, 0.2) is 0 Å². The van der Waals surface area contributed by atoms with E-state index in [4.69, 9.17) is 0 Å². The zero-order chi connectivity index (χ0) is 10.7. The van der Waals surface area contributed by atoms with Gasteiger partial charge in [-0.2, -0.15) is 0 Å². The summed E-state index contributed by atoms with van der Waals surface area (Å²) in [6.07, 6.45) is 3.64. The van der Waals surface area contributed by atoms with Gasteiger partial charge in [-0.25, -0.2) is 0 Å². The number of hydrogen-bond acceptors (Lipinski definition) is 1. The molecule has 0 amide bonds. The molecule has 1 nitrogen and oxygen atoms in total. The van der Waals surface area contributed by atoms with Crippen LogP contribution in [0.15, 0.2) is 22.4 Å². The van der Waals surface area contributed by atoms with Crippen LogP contribution in [-0.4, -0.2) is 18.5 Å². The molecule has 0 saturated carbocycles. The number of rotatable bonds is 3. The second kappa shape index (κ2) is 4.68. The maximum Gasteiger partial charge on any atom is 0.0385 e. The fraction of sp³-hybridized carbons (Fsp3) is 0.692. The van der Waals surface area contributed by atoms with Gasteiger partial charge in [0.05, 0.1) is 0 Å². The van der Waals surface area contributed by atoms with Crippen LogP contribution in [0.3, 0.4) is 0 Å². The summed E-state index contributed by atoms with van der Waals surface area (Å²) in [5.74, 6) is 0. The molecular formula is C13H23N. The van der Waals surface area contributed by atoms with Crippen LogP contribution in [0.25, 0.3) is 0 Å². The Labute approximate surface area is 88.5 Å². The summed E-state index contributed by atoms with van der Waals surface area (Å²) in [4.78, 5) is 2.41. The Morgan fingerprint density at radius 1 is 1.21 bits per heavy atom. The van der Waals surface area contributed by atoms with Crippen LogP contribution in [0.5, 0.6) is 0 Å². The molecule has 0 bridgehead atoms. The number of nitrogens with zero attached hydrogens (tertiary/aromatic N) is 1. The van der Waals surface area contributed by atoms with Crippen molar-refractivity contribution in [2.24, 2.45) is 0 Å². The van der Waals surface area contributed by atoms with Crippen molar-refractivity contribution in [3.63, 3.8) is 0 Å². The molecule has 0 N–H and O–H groups in total. The smallest absolute Gasteiger partial charge is 0.0385 e. The normalized spacial score (nSPS) is 18.2. The first-order valence-electron chi connectivity index (χ1n) is 5.71. The fourth-order valence-corrected chi connectivity index (χ4v) is 2.34. The zero-order valence-electron chi connectivity index (χ0n) is 10.3. The van der Waals surface area contributed by atoms with Crippen molar-refractivity contribution in [1.29, 1.82) is 0 Å². The molecule has 0 aromatic heterocycles. The Kier molecular flexibility index (Phi) is 3.79.